The Kier molecular flexibility index (Phi) is 3.17. The van der Waals surface area contributed by atoms with Gasteiger partial charge in [-0.3, -0.25) is 5.32 Å². The fourth-order valence-electron chi connectivity index (χ4n) is 1.52. The third kappa shape index (κ3) is 2.49. The number of rotatable bonds is 3. The van der Waals surface area contributed by atoms with Gasteiger partial charge in [-0.25, -0.2) is 9.98 Å². The average molecular weight is 225 g/mol. The lowest BCUT2D eigenvalue weighted by molar-refractivity contribution is 1.25. The fourth-order valence-corrected chi connectivity index (χ4v) is 1.52. The first kappa shape index (κ1) is 10.9. The van der Waals surface area contributed by atoms with Crippen LogP contribution in [0.25, 0.3) is 11.3 Å². The number of benzene rings is 1. The van der Waals surface area contributed by atoms with Gasteiger partial charge in [0.05, 0.1) is 17.7 Å². The number of imidazole rings is 1. The van der Waals surface area contributed by atoms with E-state index < -0.39 is 0 Å². The Hall–Kier alpha value is -2.61. The summed E-state index contributed by atoms with van der Waals surface area (Å²) in [4.78, 5) is 11.4. The molecule has 0 radical (unpaired) electrons. The third-order valence-electron chi connectivity index (χ3n) is 2.29. The summed E-state index contributed by atoms with van der Waals surface area (Å²) in [5.74, 6) is 0. The summed E-state index contributed by atoms with van der Waals surface area (Å²) in [5, 5.41) is 10.7. The van der Waals surface area contributed by atoms with E-state index >= 15 is 0 Å². The van der Waals surface area contributed by atoms with Gasteiger partial charge < -0.3 is 4.98 Å². The van der Waals surface area contributed by atoms with Crippen molar-refractivity contribution in [2.24, 2.45) is 4.99 Å². The first-order valence-corrected chi connectivity index (χ1v) is 5.09. The van der Waals surface area contributed by atoms with Gasteiger partial charge in [0, 0.05) is 11.3 Å². The molecule has 0 spiro atoms. The second kappa shape index (κ2) is 4.94. The van der Waals surface area contributed by atoms with E-state index in [4.69, 9.17) is 5.26 Å². The molecule has 0 bridgehead atoms. The van der Waals surface area contributed by atoms with Gasteiger partial charge in [-0.05, 0) is 19.1 Å². The van der Waals surface area contributed by atoms with Crippen molar-refractivity contribution in [2.45, 2.75) is 6.92 Å². The molecule has 2 rings (SSSR count). The maximum absolute atomic E-state index is 8.32. The lowest BCUT2D eigenvalue weighted by Gasteiger charge is -2.00. The molecular weight excluding hydrogens is 214 g/mol. The molecule has 5 heteroatoms. The SMILES string of the molecule is Cc1[nH]cnc1-c1cccc(/N=C/NC#N)c1. The molecule has 2 N–H and O–H groups in total. The van der Waals surface area contributed by atoms with Gasteiger partial charge in [0.1, 0.15) is 6.34 Å². The van der Waals surface area contributed by atoms with Crippen molar-refractivity contribution in [1.29, 1.82) is 5.26 Å². The van der Waals surface area contributed by atoms with Gasteiger partial charge >= 0.3 is 0 Å². The summed E-state index contributed by atoms with van der Waals surface area (Å²) in [7, 11) is 0. The number of aromatic amines is 1. The first-order chi connectivity index (χ1) is 8.31. The molecule has 17 heavy (non-hydrogen) atoms. The van der Waals surface area contributed by atoms with Crippen molar-refractivity contribution in [2.75, 3.05) is 0 Å². The molecule has 0 atom stereocenters. The topological polar surface area (TPSA) is 76.9 Å². The third-order valence-corrected chi connectivity index (χ3v) is 2.29. The Balaban J connectivity index is 2.30. The Bertz CT molecular complexity index is 577. The van der Waals surface area contributed by atoms with E-state index in [1.165, 1.54) is 6.34 Å². The minimum Gasteiger partial charge on any atom is -0.348 e. The predicted octanol–water partition coefficient (Wildman–Crippen LogP) is 2.12. The van der Waals surface area contributed by atoms with Crippen LogP contribution in [0.2, 0.25) is 0 Å². The highest BCUT2D eigenvalue weighted by Gasteiger charge is 2.04. The zero-order valence-corrected chi connectivity index (χ0v) is 9.31. The maximum Gasteiger partial charge on any atom is 0.182 e. The zero-order valence-electron chi connectivity index (χ0n) is 9.31. The van der Waals surface area contributed by atoms with Crippen LogP contribution >= 0.6 is 0 Å². The van der Waals surface area contributed by atoms with E-state index in [0.29, 0.717) is 0 Å². The summed E-state index contributed by atoms with van der Waals surface area (Å²) < 4.78 is 0. The van der Waals surface area contributed by atoms with Crippen molar-refractivity contribution < 1.29 is 0 Å². The minimum atomic E-state index is 0.771. The Morgan fingerprint density at radius 3 is 3.12 bits per heavy atom. The molecule has 0 aliphatic rings. The number of aryl methyl sites for hydroxylation is 1. The van der Waals surface area contributed by atoms with Crippen LogP contribution in [0.5, 0.6) is 0 Å². The van der Waals surface area contributed by atoms with Gasteiger partial charge in [-0.15, -0.1) is 0 Å². The number of aliphatic imine (C=N–C) groups is 1. The normalized spacial score (nSPS) is 10.4. The van der Waals surface area contributed by atoms with E-state index in [1.807, 2.05) is 31.2 Å². The molecule has 0 aliphatic carbocycles. The number of nitriles is 1. The zero-order chi connectivity index (χ0) is 12.1. The van der Waals surface area contributed by atoms with Crippen LogP contribution in [-0.4, -0.2) is 16.3 Å². The number of H-pyrrole nitrogens is 1. The number of hydrogen-bond donors (Lipinski definition) is 2. The molecule has 1 aromatic carbocycles. The van der Waals surface area contributed by atoms with Crippen LogP contribution in [0.1, 0.15) is 5.69 Å². The Morgan fingerprint density at radius 2 is 2.41 bits per heavy atom. The largest absolute Gasteiger partial charge is 0.348 e. The molecular formula is C12H11N5. The van der Waals surface area contributed by atoms with E-state index in [9.17, 15) is 0 Å². The highest BCUT2D eigenvalue weighted by molar-refractivity contribution is 5.68. The van der Waals surface area contributed by atoms with E-state index in [0.717, 1.165) is 22.6 Å². The van der Waals surface area contributed by atoms with Gasteiger partial charge in [-0.1, -0.05) is 12.1 Å². The molecule has 0 aliphatic heterocycles. The lowest BCUT2D eigenvalue weighted by Crippen LogP contribution is -1.98. The van der Waals surface area contributed by atoms with Crippen molar-refractivity contribution in [3.05, 3.63) is 36.3 Å². The smallest absolute Gasteiger partial charge is 0.182 e. The summed E-state index contributed by atoms with van der Waals surface area (Å²) in [6, 6.07) is 7.65. The number of nitrogens with one attached hydrogen (secondary N) is 2. The van der Waals surface area contributed by atoms with Gasteiger partial charge in [0.25, 0.3) is 0 Å². The Morgan fingerprint density at radius 1 is 1.53 bits per heavy atom. The van der Waals surface area contributed by atoms with E-state index in [1.54, 1.807) is 12.5 Å². The molecule has 0 unspecified atom stereocenters. The van der Waals surface area contributed by atoms with Crippen LogP contribution in [0.3, 0.4) is 0 Å². The van der Waals surface area contributed by atoms with E-state index in [2.05, 4.69) is 20.3 Å². The summed E-state index contributed by atoms with van der Waals surface area (Å²) in [6.45, 7) is 1.97. The molecule has 84 valence electrons. The molecule has 2 aromatic rings. The van der Waals surface area contributed by atoms with Crippen LogP contribution in [0.15, 0.2) is 35.6 Å². The number of hydrogen-bond acceptors (Lipinski definition) is 3. The monoisotopic (exact) mass is 225 g/mol. The van der Waals surface area contributed by atoms with Crippen LogP contribution in [-0.2, 0) is 0 Å². The Labute approximate surface area is 98.8 Å². The molecule has 0 amide bonds. The second-order valence-corrected chi connectivity index (χ2v) is 3.44. The fraction of sp³-hybridized carbons (Fsp3) is 0.0833. The minimum absolute atomic E-state index is 0.771. The number of nitrogens with zero attached hydrogens (tertiary/aromatic N) is 3. The number of aromatic nitrogens is 2. The van der Waals surface area contributed by atoms with Crippen LogP contribution in [0, 0.1) is 18.4 Å². The highest BCUT2D eigenvalue weighted by atomic mass is 14.9. The predicted molar refractivity (Wildman–Crippen MR) is 65.7 cm³/mol. The van der Waals surface area contributed by atoms with Crippen molar-refractivity contribution >= 4 is 12.0 Å². The van der Waals surface area contributed by atoms with Crippen LogP contribution < -0.4 is 5.32 Å². The van der Waals surface area contributed by atoms with Crippen molar-refractivity contribution in [3.8, 4) is 17.5 Å². The van der Waals surface area contributed by atoms with Gasteiger partial charge in [0.2, 0.25) is 0 Å². The van der Waals surface area contributed by atoms with Crippen molar-refractivity contribution in [1.82, 2.24) is 15.3 Å². The molecule has 5 nitrogen and oxygen atoms in total. The van der Waals surface area contributed by atoms with Crippen molar-refractivity contribution in [3.63, 3.8) is 0 Å². The molecule has 1 heterocycles. The van der Waals surface area contributed by atoms with Crippen LogP contribution in [0.4, 0.5) is 5.69 Å². The quantitative estimate of drug-likeness (QED) is 0.363. The molecule has 0 fully saturated rings. The molecule has 0 saturated heterocycles. The molecule has 0 saturated carbocycles. The van der Waals surface area contributed by atoms with E-state index in [-0.39, 0.29) is 0 Å². The summed E-state index contributed by atoms with van der Waals surface area (Å²) in [5.41, 5.74) is 3.69. The summed E-state index contributed by atoms with van der Waals surface area (Å²) >= 11 is 0. The molecule has 1 aromatic heterocycles. The first-order valence-electron chi connectivity index (χ1n) is 5.09. The van der Waals surface area contributed by atoms with Gasteiger partial charge in [0.15, 0.2) is 6.19 Å². The second-order valence-electron chi connectivity index (χ2n) is 3.44. The standard InChI is InChI=1S/C12H11N5/c1-9-12(17-8-15-9)10-3-2-4-11(5-10)16-7-14-6-13/h2-5,7-8H,1H3,(H,14,16)(H,15,17). The lowest BCUT2D eigenvalue weighted by atomic mass is 10.1. The maximum atomic E-state index is 8.32. The summed E-state index contributed by atoms with van der Waals surface area (Å²) in [6.07, 6.45) is 4.79. The average Bonchev–Trinajstić information content (AvgIpc) is 2.76. The highest BCUT2D eigenvalue weighted by Crippen LogP contribution is 2.23. The van der Waals surface area contributed by atoms with Gasteiger partial charge in [-0.2, -0.15) is 5.26 Å².